The van der Waals surface area contributed by atoms with E-state index >= 15 is 0 Å². The van der Waals surface area contributed by atoms with Crippen LogP contribution in [0.4, 0.5) is 0 Å². The van der Waals surface area contributed by atoms with Crippen LogP contribution >= 0.6 is 11.6 Å². The van der Waals surface area contributed by atoms with Crippen LogP contribution in [0.1, 0.15) is 33.3 Å². The molecular formula is C16H21BClNO4. The van der Waals surface area contributed by atoms with Gasteiger partial charge in [0.2, 0.25) is 6.79 Å². The van der Waals surface area contributed by atoms with Crippen LogP contribution in [-0.2, 0) is 9.31 Å². The highest BCUT2D eigenvalue weighted by molar-refractivity contribution is 6.56. The Morgan fingerprint density at radius 2 is 1.74 bits per heavy atom. The van der Waals surface area contributed by atoms with Gasteiger partial charge in [-0.05, 0) is 44.8 Å². The van der Waals surface area contributed by atoms with Gasteiger partial charge in [-0.1, -0.05) is 17.7 Å². The van der Waals surface area contributed by atoms with Gasteiger partial charge in [-0.15, -0.1) is 0 Å². The Morgan fingerprint density at radius 3 is 2.30 bits per heavy atom. The van der Waals surface area contributed by atoms with Crippen molar-refractivity contribution in [3.8, 4) is 11.5 Å². The van der Waals surface area contributed by atoms with E-state index in [0.29, 0.717) is 23.1 Å². The number of nitrogens with two attached hydrogens (primary N) is 1. The zero-order chi connectivity index (χ0) is 16.8. The minimum atomic E-state index is -0.494. The van der Waals surface area contributed by atoms with Crippen LogP contribution in [-0.4, -0.2) is 31.7 Å². The lowest BCUT2D eigenvalue weighted by molar-refractivity contribution is 0.00578. The minimum absolute atomic E-state index is 0.208. The summed E-state index contributed by atoms with van der Waals surface area (Å²) < 4.78 is 22.8. The Labute approximate surface area is 141 Å². The summed E-state index contributed by atoms with van der Waals surface area (Å²) in [4.78, 5) is 0. The second-order valence-corrected chi connectivity index (χ2v) is 7.15. The third kappa shape index (κ3) is 2.96. The van der Waals surface area contributed by atoms with Gasteiger partial charge >= 0.3 is 7.12 Å². The maximum absolute atomic E-state index is 6.33. The van der Waals surface area contributed by atoms with Crippen molar-refractivity contribution in [3.05, 3.63) is 28.2 Å². The van der Waals surface area contributed by atoms with E-state index in [4.69, 9.17) is 36.1 Å². The maximum atomic E-state index is 6.33. The molecule has 0 saturated carbocycles. The Kier molecular flexibility index (Phi) is 4.13. The summed E-state index contributed by atoms with van der Waals surface area (Å²) in [7, 11) is -0.494. The summed E-state index contributed by atoms with van der Waals surface area (Å²) in [5.41, 5.74) is 6.71. The third-order valence-corrected chi connectivity index (χ3v) is 4.95. The number of hydrogen-bond acceptors (Lipinski definition) is 5. The van der Waals surface area contributed by atoms with Crippen LogP contribution in [0.15, 0.2) is 17.6 Å². The van der Waals surface area contributed by atoms with Crippen LogP contribution in [0, 0.1) is 0 Å². The van der Waals surface area contributed by atoms with E-state index < -0.39 is 18.3 Å². The Bertz CT molecular complexity index is 644. The third-order valence-electron chi connectivity index (χ3n) is 4.62. The van der Waals surface area contributed by atoms with Gasteiger partial charge in [0.1, 0.15) is 0 Å². The summed E-state index contributed by atoms with van der Waals surface area (Å²) in [5, 5.41) is 0.566. The fourth-order valence-corrected chi connectivity index (χ4v) is 2.67. The first-order valence-corrected chi connectivity index (χ1v) is 7.96. The van der Waals surface area contributed by atoms with Crippen molar-refractivity contribution in [2.75, 3.05) is 13.3 Å². The molecule has 5 nitrogen and oxygen atoms in total. The lowest BCUT2D eigenvalue weighted by atomic mass is 9.77. The lowest BCUT2D eigenvalue weighted by Crippen LogP contribution is -2.41. The van der Waals surface area contributed by atoms with E-state index in [-0.39, 0.29) is 6.79 Å². The van der Waals surface area contributed by atoms with Gasteiger partial charge in [-0.25, -0.2) is 0 Å². The van der Waals surface area contributed by atoms with Gasteiger partial charge in [0, 0.05) is 12.6 Å². The minimum Gasteiger partial charge on any atom is -0.454 e. The highest BCUT2D eigenvalue weighted by Crippen LogP contribution is 2.40. The molecule has 0 atom stereocenters. The number of ether oxygens (including phenoxy) is 2. The number of halogens is 1. The summed E-state index contributed by atoms with van der Waals surface area (Å²) >= 11 is 6.33. The first kappa shape index (κ1) is 16.6. The van der Waals surface area contributed by atoms with Crippen LogP contribution in [0.2, 0.25) is 5.02 Å². The molecule has 124 valence electrons. The van der Waals surface area contributed by atoms with Crippen molar-refractivity contribution in [1.82, 2.24) is 0 Å². The number of benzene rings is 1. The number of rotatable bonds is 3. The molecule has 1 saturated heterocycles. The fraction of sp³-hybridized carbons (Fsp3) is 0.500. The molecule has 0 aliphatic carbocycles. The Balaban J connectivity index is 1.92. The van der Waals surface area contributed by atoms with Crippen molar-refractivity contribution in [2.45, 2.75) is 38.9 Å². The van der Waals surface area contributed by atoms with Gasteiger partial charge in [0.25, 0.3) is 0 Å². The smallest absolute Gasteiger partial charge is 0.454 e. The largest absolute Gasteiger partial charge is 0.491 e. The summed E-state index contributed by atoms with van der Waals surface area (Å²) in [6.45, 7) is 8.55. The van der Waals surface area contributed by atoms with Crippen LogP contribution in [0.25, 0.3) is 6.08 Å². The molecule has 0 unspecified atom stereocenters. The molecular weight excluding hydrogens is 316 g/mol. The fourth-order valence-electron chi connectivity index (χ4n) is 2.46. The summed E-state index contributed by atoms with van der Waals surface area (Å²) in [5.74, 6) is 1.32. The predicted octanol–water partition coefficient (Wildman–Crippen LogP) is 3.04. The lowest BCUT2D eigenvalue weighted by Gasteiger charge is -2.32. The first-order chi connectivity index (χ1) is 10.7. The van der Waals surface area contributed by atoms with Crippen LogP contribution in [0.5, 0.6) is 11.5 Å². The highest BCUT2D eigenvalue weighted by atomic mass is 35.5. The summed E-state index contributed by atoms with van der Waals surface area (Å²) in [6, 6.07) is 3.58. The zero-order valence-electron chi connectivity index (χ0n) is 13.8. The molecule has 2 N–H and O–H groups in total. The molecule has 0 spiro atoms. The molecule has 23 heavy (non-hydrogen) atoms. The Hall–Kier alpha value is -1.21. The van der Waals surface area contributed by atoms with E-state index in [0.717, 1.165) is 11.0 Å². The molecule has 1 fully saturated rings. The quantitative estimate of drug-likeness (QED) is 0.859. The average molecular weight is 338 g/mol. The molecule has 1 aromatic rings. The van der Waals surface area contributed by atoms with Crippen molar-refractivity contribution in [1.29, 1.82) is 0 Å². The molecule has 0 radical (unpaired) electrons. The second-order valence-electron chi connectivity index (χ2n) is 6.74. The maximum Gasteiger partial charge on any atom is 0.491 e. The van der Waals surface area contributed by atoms with Gasteiger partial charge in [0.05, 0.1) is 16.2 Å². The zero-order valence-corrected chi connectivity index (χ0v) is 14.6. The van der Waals surface area contributed by atoms with Crippen LogP contribution < -0.4 is 15.2 Å². The average Bonchev–Trinajstić information content (AvgIpc) is 2.97. The van der Waals surface area contributed by atoms with E-state index in [1.807, 2.05) is 39.8 Å². The van der Waals surface area contributed by atoms with Gasteiger partial charge in [0.15, 0.2) is 11.5 Å². The first-order valence-electron chi connectivity index (χ1n) is 7.59. The van der Waals surface area contributed by atoms with Crippen molar-refractivity contribution >= 4 is 24.8 Å². The van der Waals surface area contributed by atoms with Gasteiger partial charge in [-0.2, -0.15) is 0 Å². The molecule has 2 aliphatic heterocycles. The van der Waals surface area contributed by atoms with E-state index in [9.17, 15) is 0 Å². The summed E-state index contributed by atoms with van der Waals surface area (Å²) in [6.07, 6.45) is 1.90. The highest BCUT2D eigenvalue weighted by Gasteiger charge is 2.52. The molecule has 3 rings (SSSR count). The van der Waals surface area contributed by atoms with Crippen molar-refractivity contribution in [2.24, 2.45) is 5.73 Å². The van der Waals surface area contributed by atoms with Crippen LogP contribution in [0.3, 0.4) is 0 Å². The number of hydrogen-bond donors (Lipinski definition) is 1. The van der Waals surface area contributed by atoms with Crippen molar-refractivity contribution in [3.63, 3.8) is 0 Å². The predicted molar refractivity (Wildman–Crippen MR) is 90.7 cm³/mol. The Morgan fingerprint density at radius 1 is 1.17 bits per heavy atom. The normalized spacial score (nSPS) is 21.8. The van der Waals surface area contributed by atoms with E-state index in [2.05, 4.69) is 0 Å². The standard InChI is InChI=1S/C16H21BClNO4/c1-15(2)16(3,4)23-17(22-15)11(8-19)5-10-6-13-14(7-12(10)18)21-9-20-13/h5-7H,8-9,19H2,1-4H3. The molecule has 7 heteroatoms. The SMILES string of the molecule is CC1(C)OB(C(=Cc2cc3c(cc2Cl)OCO3)CN)OC1(C)C. The van der Waals surface area contributed by atoms with E-state index in [1.54, 1.807) is 6.07 Å². The molecule has 2 heterocycles. The van der Waals surface area contributed by atoms with Gasteiger partial charge < -0.3 is 24.5 Å². The molecule has 0 amide bonds. The van der Waals surface area contributed by atoms with Crippen molar-refractivity contribution < 1.29 is 18.8 Å². The molecule has 0 bridgehead atoms. The molecule has 0 aromatic heterocycles. The van der Waals surface area contributed by atoms with E-state index in [1.165, 1.54) is 0 Å². The molecule has 2 aliphatic rings. The monoisotopic (exact) mass is 337 g/mol. The topological polar surface area (TPSA) is 62.9 Å². The molecule has 1 aromatic carbocycles. The van der Waals surface area contributed by atoms with Gasteiger partial charge in [-0.3, -0.25) is 0 Å². The number of fused-ring (bicyclic) bond motifs is 1. The second kappa shape index (κ2) is 5.70.